The second-order valence-corrected chi connectivity index (χ2v) is 3.85. The molecule has 0 bridgehead atoms. The molecule has 2 aromatic rings. The molecule has 1 N–H and O–H groups in total. The number of nitrogens with zero attached hydrogens (tertiary/aromatic N) is 2. The summed E-state index contributed by atoms with van der Waals surface area (Å²) in [6.07, 6.45) is 0. The van der Waals surface area contributed by atoms with Gasteiger partial charge < -0.3 is 5.21 Å². The summed E-state index contributed by atoms with van der Waals surface area (Å²) in [6, 6.07) is 12.7. The molecule has 1 aromatic heterocycles. The molecule has 0 spiro atoms. The fourth-order valence-corrected chi connectivity index (χ4v) is 1.46. The van der Waals surface area contributed by atoms with Gasteiger partial charge in [-0.2, -0.15) is 4.73 Å². The predicted molar refractivity (Wildman–Crippen MR) is 63.0 cm³/mol. The lowest BCUT2D eigenvalue weighted by molar-refractivity contribution is 0.173. The van der Waals surface area contributed by atoms with Crippen molar-refractivity contribution in [1.82, 2.24) is 4.73 Å². The second-order valence-electron chi connectivity index (χ2n) is 3.47. The standard InChI is InChI=1S/C12H11ClN2O/c1-9-5-7-10(8-6-9)14-12-4-2-3-11(13)15(12)16/h2-8,16H,1H3. The summed E-state index contributed by atoms with van der Waals surface area (Å²) in [5.41, 5.74) is 2.34. The molecule has 1 heterocycles. The van der Waals surface area contributed by atoms with Crippen LogP contribution in [0, 0.1) is 6.92 Å². The van der Waals surface area contributed by atoms with Crippen LogP contribution >= 0.6 is 11.6 Å². The number of pyridine rings is 1. The van der Waals surface area contributed by atoms with E-state index in [1.54, 1.807) is 18.2 Å². The molecule has 0 aliphatic rings. The Balaban J connectivity index is 2.51. The first-order chi connectivity index (χ1) is 7.66. The lowest BCUT2D eigenvalue weighted by atomic mass is 10.2. The van der Waals surface area contributed by atoms with E-state index in [2.05, 4.69) is 4.99 Å². The van der Waals surface area contributed by atoms with Crippen LogP contribution in [-0.2, 0) is 0 Å². The molecule has 0 fully saturated rings. The van der Waals surface area contributed by atoms with Gasteiger partial charge in [-0.25, -0.2) is 4.99 Å². The number of benzene rings is 1. The van der Waals surface area contributed by atoms with Crippen molar-refractivity contribution in [1.29, 1.82) is 0 Å². The first kappa shape index (κ1) is 10.8. The summed E-state index contributed by atoms with van der Waals surface area (Å²) in [7, 11) is 0. The van der Waals surface area contributed by atoms with Gasteiger partial charge >= 0.3 is 0 Å². The van der Waals surface area contributed by atoms with Crippen molar-refractivity contribution >= 4 is 17.3 Å². The van der Waals surface area contributed by atoms with E-state index in [4.69, 9.17) is 11.6 Å². The van der Waals surface area contributed by atoms with E-state index in [9.17, 15) is 5.21 Å². The minimum atomic E-state index is 0.230. The van der Waals surface area contributed by atoms with Crippen LogP contribution in [0.3, 0.4) is 0 Å². The normalized spacial score (nSPS) is 11.8. The van der Waals surface area contributed by atoms with Gasteiger partial charge in [-0.05, 0) is 31.2 Å². The van der Waals surface area contributed by atoms with Crippen molar-refractivity contribution in [2.45, 2.75) is 6.92 Å². The highest BCUT2D eigenvalue weighted by Gasteiger charge is 1.96. The molecule has 82 valence electrons. The molecule has 1 aromatic carbocycles. The van der Waals surface area contributed by atoms with Crippen molar-refractivity contribution in [3.05, 3.63) is 58.7 Å². The van der Waals surface area contributed by atoms with Crippen LogP contribution in [0.2, 0.25) is 5.15 Å². The SMILES string of the molecule is Cc1ccc(N=c2cccc(Cl)n2O)cc1. The molecular formula is C12H11ClN2O. The van der Waals surface area contributed by atoms with Crippen molar-refractivity contribution in [3.63, 3.8) is 0 Å². The zero-order valence-electron chi connectivity index (χ0n) is 8.76. The van der Waals surface area contributed by atoms with Crippen LogP contribution in [0.4, 0.5) is 5.69 Å². The zero-order chi connectivity index (χ0) is 11.5. The molecule has 0 saturated heterocycles. The van der Waals surface area contributed by atoms with E-state index in [1.807, 2.05) is 31.2 Å². The van der Waals surface area contributed by atoms with Crippen molar-refractivity contribution in [2.24, 2.45) is 4.99 Å². The molecule has 0 amide bonds. The maximum atomic E-state index is 9.60. The molecule has 0 aliphatic heterocycles. The Kier molecular flexibility index (Phi) is 2.97. The lowest BCUT2D eigenvalue weighted by Crippen LogP contribution is -2.17. The maximum absolute atomic E-state index is 9.60. The average molecular weight is 235 g/mol. The smallest absolute Gasteiger partial charge is 0.170 e. The Morgan fingerprint density at radius 3 is 2.50 bits per heavy atom. The van der Waals surface area contributed by atoms with Gasteiger partial charge in [0.2, 0.25) is 0 Å². The molecule has 16 heavy (non-hydrogen) atoms. The summed E-state index contributed by atoms with van der Waals surface area (Å²) in [4.78, 5) is 4.27. The average Bonchev–Trinajstić information content (AvgIpc) is 2.28. The van der Waals surface area contributed by atoms with Crippen LogP contribution < -0.4 is 5.49 Å². The summed E-state index contributed by atoms with van der Waals surface area (Å²) in [5, 5.41) is 9.83. The maximum Gasteiger partial charge on any atom is 0.170 e. The monoisotopic (exact) mass is 234 g/mol. The van der Waals surface area contributed by atoms with Gasteiger partial charge in [0, 0.05) is 0 Å². The van der Waals surface area contributed by atoms with Gasteiger partial charge in [0.05, 0.1) is 5.69 Å². The van der Waals surface area contributed by atoms with E-state index >= 15 is 0 Å². The van der Waals surface area contributed by atoms with Crippen molar-refractivity contribution in [2.75, 3.05) is 0 Å². The summed E-state index contributed by atoms with van der Waals surface area (Å²) in [5.74, 6) is 0. The number of rotatable bonds is 1. The van der Waals surface area contributed by atoms with Gasteiger partial charge in [-0.3, -0.25) is 0 Å². The zero-order valence-corrected chi connectivity index (χ0v) is 9.52. The van der Waals surface area contributed by atoms with Gasteiger partial charge in [0.1, 0.15) is 5.15 Å². The van der Waals surface area contributed by atoms with Gasteiger partial charge in [-0.1, -0.05) is 35.4 Å². The lowest BCUT2D eigenvalue weighted by Gasteiger charge is -2.00. The third-order valence-electron chi connectivity index (χ3n) is 2.18. The number of halogens is 1. The molecular weight excluding hydrogens is 224 g/mol. The minimum Gasteiger partial charge on any atom is -0.426 e. The first-order valence-electron chi connectivity index (χ1n) is 4.85. The number of hydrogen-bond acceptors (Lipinski definition) is 2. The highest BCUT2D eigenvalue weighted by molar-refractivity contribution is 6.29. The molecule has 0 radical (unpaired) electrons. The Hall–Kier alpha value is -1.74. The quantitative estimate of drug-likeness (QED) is 0.598. The highest BCUT2D eigenvalue weighted by Crippen LogP contribution is 2.11. The number of aromatic nitrogens is 1. The van der Waals surface area contributed by atoms with E-state index in [0.29, 0.717) is 5.49 Å². The first-order valence-corrected chi connectivity index (χ1v) is 5.23. The summed E-state index contributed by atoms with van der Waals surface area (Å²) < 4.78 is 0.849. The minimum absolute atomic E-state index is 0.230. The van der Waals surface area contributed by atoms with Crippen molar-refractivity contribution in [3.8, 4) is 0 Å². The van der Waals surface area contributed by atoms with Crippen molar-refractivity contribution < 1.29 is 5.21 Å². The molecule has 0 saturated carbocycles. The summed E-state index contributed by atoms with van der Waals surface area (Å²) in [6.45, 7) is 2.01. The number of hydrogen-bond donors (Lipinski definition) is 1. The van der Waals surface area contributed by atoms with E-state index < -0.39 is 0 Å². The third kappa shape index (κ3) is 2.25. The molecule has 2 rings (SSSR count). The fraction of sp³-hybridized carbons (Fsp3) is 0.0833. The van der Waals surface area contributed by atoms with E-state index in [-0.39, 0.29) is 5.15 Å². The molecule has 0 atom stereocenters. The van der Waals surface area contributed by atoms with Crippen LogP contribution in [0.15, 0.2) is 47.5 Å². The predicted octanol–water partition coefficient (Wildman–Crippen LogP) is 2.92. The van der Waals surface area contributed by atoms with E-state index in [1.165, 1.54) is 5.56 Å². The molecule has 0 aliphatic carbocycles. The van der Waals surface area contributed by atoms with Crippen LogP contribution in [0.5, 0.6) is 0 Å². The molecule has 0 unspecified atom stereocenters. The topological polar surface area (TPSA) is 37.5 Å². The Labute approximate surface area is 98.2 Å². The van der Waals surface area contributed by atoms with Crippen LogP contribution in [-0.4, -0.2) is 9.94 Å². The van der Waals surface area contributed by atoms with Gasteiger partial charge in [0.25, 0.3) is 0 Å². The number of aryl methyl sites for hydroxylation is 1. The van der Waals surface area contributed by atoms with Gasteiger partial charge in [-0.15, -0.1) is 0 Å². The molecule has 4 heteroatoms. The van der Waals surface area contributed by atoms with Gasteiger partial charge in [0.15, 0.2) is 5.49 Å². The van der Waals surface area contributed by atoms with E-state index in [0.717, 1.165) is 10.4 Å². The Bertz CT molecular complexity index is 558. The van der Waals surface area contributed by atoms with Crippen LogP contribution in [0.25, 0.3) is 0 Å². The molecule has 3 nitrogen and oxygen atoms in total. The fourth-order valence-electron chi connectivity index (χ4n) is 1.30. The third-order valence-corrected chi connectivity index (χ3v) is 2.46. The highest BCUT2D eigenvalue weighted by atomic mass is 35.5. The summed E-state index contributed by atoms with van der Waals surface area (Å²) >= 11 is 5.76. The largest absolute Gasteiger partial charge is 0.426 e. The Morgan fingerprint density at radius 2 is 1.81 bits per heavy atom. The second kappa shape index (κ2) is 4.41. The van der Waals surface area contributed by atoms with Crippen LogP contribution in [0.1, 0.15) is 5.56 Å². The Morgan fingerprint density at radius 1 is 1.12 bits per heavy atom.